The molecule has 0 radical (unpaired) electrons. The van der Waals surface area contributed by atoms with Crippen molar-refractivity contribution in [2.75, 3.05) is 18.9 Å². The van der Waals surface area contributed by atoms with Crippen molar-refractivity contribution in [1.82, 2.24) is 5.32 Å². The molecule has 0 saturated carbocycles. The van der Waals surface area contributed by atoms with Crippen LogP contribution in [-0.2, 0) is 4.79 Å². The molecule has 0 fully saturated rings. The molecule has 1 amide bonds. The number of ether oxygens (including phenoxy) is 1. The van der Waals surface area contributed by atoms with E-state index in [1.165, 1.54) is 12.1 Å². The molecular formula is C14H19NO4S. The van der Waals surface area contributed by atoms with Crippen LogP contribution in [0.4, 0.5) is 0 Å². The van der Waals surface area contributed by atoms with E-state index < -0.39 is 5.97 Å². The number of amides is 1. The van der Waals surface area contributed by atoms with Gasteiger partial charge in [-0.25, -0.2) is 4.79 Å². The topological polar surface area (TPSA) is 75.6 Å². The van der Waals surface area contributed by atoms with Gasteiger partial charge in [-0.15, -0.1) is 11.8 Å². The molecule has 20 heavy (non-hydrogen) atoms. The molecule has 2 N–H and O–H groups in total. The minimum atomic E-state index is -0.992. The van der Waals surface area contributed by atoms with Gasteiger partial charge in [-0.2, -0.15) is 0 Å². The zero-order chi connectivity index (χ0) is 15.0. The second-order valence-corrected chi connectivity index (χ2v) is 5.69. The molecule has 0 bridgehead atoms. The Labute approximate surface area is 122 Å². The smallest absolute Gasteiger partial charge is 0.335 e. The van der Waals surface area contributed by atoms with Crippen molar-refractivity contribution in [1.29, 1.82) is 0 Å². The van der Waals surface area contributed by atoms with Gasteiger partial charge in [0.1, 0.15) is 12.4 Å². The highest BCUT2D eigenvalue weighted by Crippen LogP contribution is 2.13. The second kappa shape index (κ2) is 8.47. The summed E-state index contributed by atoms with van der Waals surface area (Å²) >= 11 is 1.58. The minimum Gasteiger partial charge on any atom is -0.492 e. The third-order valence-electron chi connectivity index (χ3n) is 2.54. The second-order valence-electron chi connectivity index (χ2n) is 4.07. The number of thioether (sulfide) groups is 1. The number of nitrogens with one attached hydrogen (secondary N) is 1. The van der Waals surface area contributed by atoms with E-state index in [1.54, 1.807) is 23.9 Å². The number of carbonyl (C=O) groups is 2. The summed E-state index contributed by atoms with van der Waals surface area (Å²) in [7, 11) is 0. The van der Waals surface area contributed by atoms with E-state index in [9.17, 15) is 9.59 Å². The van der Waals surface area contributed by atoms with Crippen molar-refractivity contribution in [3.05, 3.63) is 29.8 Å². The number of carbonyl (C=O) groups excluding carboxylic acids is 1. The Morgan fingerprint density at radius 1 is 1.45 bits per heavy atom. The monoisotopic (exact) mass is 297 g/mol. The summed E-state index contributed by atoms with van der Waals surface area (Å²) in [5.41, 5.74) is 0.180. The van der Waals surface area contributed by atoms with Crippen LogP contribution in [0.25, 0.3) is 0 Å². The molecule has 1 unspecified atom stereocenters. The molecule has 0 aromatic heterocycles. The molecule has 0 aliphatic carbocycles. The lowest BCUT2D eigenvalue weighted by Gasteiger charge is -2.11. The van der Waals surface area contributed by atoms with Crippen LogP contribution in [0.15, 0.2) is 24.3 Å². The van der Waals surface area contributed by atoms with Gasteiger partial charge in [0.2, 0.25) is 5.91 Å². The maximum Gasteiger partial charge on any atom is 0.335 e. The van der Waals surface area contributed by atoms with Crippen molar-refractivity contribution < 1.29 is 19.4 Å². The molecule has 0 spiro atoms. The molecule has 0 aliphatic heterocycles. The molecule has 0 aliphatic rings. The summed E-state index contributed by atoms with van der Waals surface area (Å²) in [6, 6.07) is 6.27. The van der Waals surface area contributed by atoms with Crippen molar-refractivity contribution >= 4 is 23.6 Å². The van der Waals surface area contributed by atoms with E-state index in [2.05, 4.69) is 5.32 Å². The number of aromatic carboxylic acids is 1. The predicted octanol–water partition coefficient (Wildman–Crippen LogP) is 2.02. The van der Waals surface area contributed by atoms with E-state index >= 15 is 0 Å². The normalized spacial score (nSPS) is 11.7. The summed E-state index contributed by atoms with van der Waals surface area (Å²) in [5, 5.41) is 11.6. The first-order valence-corrected chi connectivity index (χ1v) is 7.45. The first-order chi connectivity index (χ1) is 9.54. The fraction of sp³-hybridized carbons (Fsp3) is 0.429. The van der Waals surface area contributed by atoms with Crippen LogP contribution in [0.3, 0.4) is 0 Å². The number of rotatable bonds is 8. The standard InChI is InChI=1S/C14H19NO4S/c1-3-20-10(2)13(16)15-7-8-19-12-6-4-5-11(9-12)14(17)18/h4-6,9-10H,3,7-8H2,1-2H3,(H,15,16)(H,17,18). The van der Waals surface area contributed by atoms with E-state index in [4.69, 9.17) is 9.84 Å². The van der Waals surface area contributed by atoms with Gasteiger partial charge in [-0.05, 0) is 30.9 Å². The van der Waals surface area contributed by atoms with Crippen LogP contribution in [0, 0.1) is 0 Å². The molecule has 1 rings (SSSR count). The Kier molecular flexibility index (Phi) is 6.93. The van der Waals surface area contributed by atoms with Crippen LogP contribution in [-0.4, -0.2) is 41.1 Å². The minimum absolute atomic E-state index is 0.0141. The molecule has 1 atom stereocenters. The molecule has 110 valence electrons. The van der Waals surface area contributed by atoms with Crippen LogP contribution in [0.1, 0.15) is 24.2 Å². The Morgan fingerprint density at radius 2 is 2.20 bits per heavy atom. The summed E-state index contributed by atoms with van der Waals surface area (Å²) in [5.74, 6) is 0.372. The lowest BCUT2D eigenvalue weighted by molar-refractivity contribution is -0.120. The summed E-state index contributed by atoms with van der Waals surface area (Å²) < 4.78 is 5.40. The number of carboxylic acid groups (broad SMARTS) is 1. The fourth-order valence-electron chi connectivity index (χ4n) is 1.53. The Hall–Kier alpha value is -1.69. The van der Waals surface area contributed by atoms with Crippen LogP contribution >= 0.6 is 11.8 Å². The van der Waals surface area contributed by atoms with E-state index in [1.807, 2.05) is 13.8 Å². The van der Waals surface area contributed by atoms with Crippen molar-refractivity contribution in [2.24, 2.45) is 0 Å². The van der Waals surface area contributed by atoms with Crippen molar-refractivity contribution in [3.63, 3.8) is 0 Å². The maximum atomic E-state index is 11.6. The predicted molar refractivity (Wildman–Crippen MR) is 79.5 cm³/mol. The SMILES string of the molecule is CCSC(C)C(=O)NCCOc1cccc(C(=O)O)c1. The third kappa shape index (κ3) is 5.52. The highest BCUT2D eigenvalue weighted by atomic mass is 32.2. The van der Waals surface area contributed by atoms with Gasteiger partial charge in [-0.3, -0.25) is 4.79 Å². The summed E-state index contributed by atoms with van der Waals surface area (Å²) in [4.78, 5) is 22.4. The quantitative estimate of drug-likeness (QED) is 0.718. The Balaban J connectivity index is 2.32. The first-order valence-electron chi connectivity index (χ1n) is 6.40. The number of hydrogen-bond acceptors (Lipinski definition) is 4. The molecule has 0 saturated heterocycles. The van der Waals surface area contributed by atoms with Crippen molar-refractivity contribution in [3.8, 4) is 5.75 Å². The summed E-state index contributed by atoms with van der Waals surface area (Å²) in [6.07, 6.45) is 0. The van der Waals surface area contributed by atoms with Crippen molar-refractivity contribution in [2.45, 2.75) is 19.1 Å². The largest absolute Gasteiger partial charge is 0.492 e. The van der Waals surface area contributed by atoms with Gasteiger partial charge in [0.05, 0.1) is 17.4 Å². The lowest BCUT2D eigenvalue weighted by atomic mass is 10.2. The number of carboxylic acids is 1. The number of hydrogen-bond donors (Lipinski definition) is 2. The third-order valence-corrected chi connectivity index (χ3v) is 3.58. The molecule has 0 heterocycles. The van der Waals surface area contributed by atoms with E-state index in [0.29, 0.717) is 18.9 Å². The Bertz CT molecular complexity index is 464. The molecule has 5 nitrogen and oxygen atoms in total. The van der Waals surface area contributed by atoms with Crippen LogP contribution in [0.2, 0.25) is 0 Å². The average Bonchev–Trinajstić information content (AvgIpc) is 2.44. The zero-order valence-corrected chi connectivity index (χ0v) is 12.4. The van der Waals surface area contributed by atoms with Gasteiger partial charge < -0.3 is 15.2 Å². The Morgan fingerprint density at radius 3 is 2.85 bits per heavy atom. The number of benzene rings is 1. The lowest BCUT2D eigenvalue weighted by Crippen LogP contribution is -2.34. The van der Waals surface area contributed by atoms with Crippen LogP contribution < -0.4 is 10.1 Å². The van der Waals surface area contributed by atoms with Gasteiger partial charge in [-0.1, -0.05) is 13.0 Å². The molecular weight excluding hydrogens is 278 g/mol. The van der Waals surface area contributed by atoms with E-state index in [0.717, 1.165) is 5.75 Å². The maximum absolute atomic E-state index is 11.6. The fourth-order valence-corrected chi connectivity index (χ4v) is 2.27. The molecule has 6 heteroatoms. The van der Waals surface area contributed by atoms with Crippen LogP contribution in [0.5, 0.6) is 5.75 Å². The zero-order valence-electron chi connectivity index (χ0n) is 11.6. The molecule has 1 aromatic rings. The molecule has 1 aromatic carbocycles. The average molecular weight is 297 g/mol. The summed E-state index contributed by atoms with van der Waals surface area (Å²) in [6.45, 7) is 4.57. The van der Waals surface area contributed by atoms with Gasteiger partial charge >= 0.3 is 5.97 Å². The first kappa shape index (κ1) is 16.4. The van der Waals surface area contributed by atoms with E-state index in [-0.39, 0.29) is 16.7 Å². The van der Waals surface area contributed by atoms with Gasteiger partial charge in [0.25, 0.3) is 0 Å². The highest BCUT2D eigenvalue weighted by molar-refractivity contribution is 8.00. The highest BCUT2D eigenvalue weighted by Gasteiger charge is 2.11. The van der Waals surface area contributed by atoms with Gasteiger partial charge in [0, 0.05) is 0 Å². The van der Waals surface area contributed by atoms with Gasteiger partial charge in [0.15, 0.2) is 0 Å².